The van der Waals surface area contributed by atoms with E-state index in [4.69, 9.17) is 5.26 Å². The summed E-state index contributed by atoms with van der Waals surface area (Å²) in [5.41, 5.74) is 2.45. The van der Waals surface area contributed by atoms with Gasteiger partial charge in [-0.2, -0.15) is 5.26 Å². The van der Waals surface area contributed by atoms with Crippen molar-refractivity contribution >= 4 is 12.2 Å². The Morgan fingerprint density at radius 1 is 1.25 bits per heavy atom. The number of rotatable bonds is 2. The van der Waals surface area contributed by atoms with E-state index in [2.05, 4.69) is 19.2 Å². The molecule has 0 aliphatic heterocycles. The van der Waals surface area contributed by atoms with Gasteiger partial charge >= 0.3 is 0 Å². The normalized spacial score (nSPS) is 8.58. The van der Waals surface area contributed by atoms with Gasteiger partial charge in [0.05, 0.1) is 11.6 Å². The van der Waals surface area contributed by atoms with Gasteiger partial charge in [-0.25, -0.2) is 0 Å². The summed E-state index contributed by atoms with van der Waals surface area (Å²) in [6, 6.07) is 7.61. The van der Waals surface area contributed by atoms with Crippen molar-refractivity contribution in [3.05, 3.63) is 48.0 Å². The molecule has 0 aliphatic carbocycles. The van der Waals surface area contributed by atoms with E-state index in [0.717, 1.165) is 11.1 Å². The number of hydrogen-bond donors (Lipinski definition) is 0. The Morgan fingerprint density at radius 3 is 2.50 bits per heavy atom. The Labute approximate surface area is 72.3 Å². The van der Waals surface area contributed by atoms with E-state index in [-0.39, 0.29) is 0 Å². The maximum Gasteiger partial charge on any atom is 0.0998 e. The summed E-state index contributed by atoms with van der Waals surface area (Å²) in [5.74, 6) is 0. The van der Waals surface area contributed by atoms with Crippen LogP contribution in [0.1, 0.15) is 16.7 Å². The van der Waals surface area contributed by atoms with Crippen LogP contribution in [0.2, 0.25) is 0 Å². The summed E-state index contributed by atoms with van der Waals surface area (Å²) in [6.07, 6.45) is 3.40. The Hall–Kier alpha value is -1.81. The first-order chi connectivity index (χ1) is 5.83. The molecule has 0 aliphatic rings. The van der Waals surface area contributed by atoms with Gasteiger partial charge in [-0.05, 0) is 17.2 Å². The number of nitrogens with zero attached hydrogens (tertiary/aromatic N) is 1. The lowest BCUT2D eigenvalue weighted by molar-refractivity contribution is 1.46. The molecule has 0 fully saturated rings. The molecule has 0 spiro atoms. The minimum absolute atomic E-state index is 0.641. The third kappa shape index (κ3) is 1.28. The highest BCUT2D eigenvalue weighted by Crippen LogP contribution is 2.16. The predicted molar refractivity (Wildman–Crippen MR) is 51.3 cm³/mol. The third-order valence-corrected chi connectivity index (χ3v) is 1.68. The van der Waals surface area contributed by atoms with E-state index < -0.39 is 0 Å². The highest BCUT2D eigenvalue weighted by atomic mass is 14.2. The van der Waals surface area contributed by atoms with Gasteiger partial charge in [0, 0.05) is 0 Å². The smallest absolute Gasteiger partial charge is 0.0998 e. The Morgan fingerprint density at radius 2 is 2.00 bits per heavy atom. The molecular formula is C11H9N. The van der Waals surface area contributed by atoms with Crippen molar-refractivity contribution in [3.8, 4) is 6.07 Å². The van der Waals surface area contributed by atoms with Crippen LogP contribution < -0.4 is 0 Å². The van der Waals surface area contributed by atoms with E-state index in [0.29, 0.717) is 5.56 Å². The minimum Gasteiger partial charge on any atom is -0.192 e. The first kappa shape index (κ1) is 8.29. The molecule has 0 amide bonds. The lowest BCUT2D eigenvalue weighted by atomic mass is 10.0. The fraction of sp³-hybridized carbons (Fsp3) is 0. The van der Waals surface area contributed by atoms with E-state index in [1.165, 1.54) is 0 Å². The van der Waals surface area contributed by atoms with Crippen LogP contribution in [0, 0.1) is 11.3 Å². The Balaban J connectivity index is 3.44. The van der Waals surface area contributed by atoms with Gasteiger partial charge in [-0.1, -0.05) is 37.4 Å². The van der Waals surface area contributed by atoms with E-state index in [1.807, 2.05) is 12.1 Å². The van der Waals surface area contributed by atoms with Gasteiger partial charge in [0.25, 0.3) is 0 Å². The molecule has 0 N–H and O–H groups in total. The van der Waals surface area contributed by atoms with Gasteiger partial charge in [-0.15, -0.1) is 0 Å². The summed E-state index contributed by atoms with van der Waals surface area (Å²) >= 11 is 0. The molecule has 0 bridgehead atoms. The van der Waals surface area contributed by atoms with Gasteiger partial charge in [-0.3, -0.25) is 0 Å². The summed E-state index contributed by atoms with van der Waals surface area (Å²) < 4.78 is 0. The van der Waals surface area contributed by atoms with Crippen molar-refractivity contribution < 1.29 is 0 Å². The lowest BCUT2D eigenvalue weighted by Crippen LogP contribution is -1.85. The lowest BCUT2D eigenvalue weighted by Gasteiger charge is -2.01. The van der Waals surface area contributed by atoms with Crippen LogP contribution in [0.25, 0.3) is 12.2 Å². The number of benzene rings is 1. The Kier molecular flexibility index (Phi) is 2.45. The quantitative estimate of drug-likeness (QED) is 0.644. The van der Waals surface area contributed by atoms with Crippen LogP contribution in [0.15, 0.2) is 31.4 Å². The van der Waals surface area contributed by atoms with Gasteiger partial charge in [0.2, 0.25) is 0 Å². The fourth-order valence-electron chi connectivity index (χ4n) is 1.09. The SMILES string of the molecule is C=Cc1cccc(C#N)c1C=C. The van der Waals surface area contributed by atoms with Gasteiger partial charge < -0.3 is 0 Å². The summed E-state index contributed by atoms with van der Waals surface area (Å²) in [5, 5.41) is 8.74. The van der Waals surface area contributed by atoms with Crippen LogP contribution in [0.5, 0.6) is 0 Å². The molecule has 0 saturated carbocycles. The minimum atomic E-state index is 0.641. The molecule has 0 heterocycles. The second-order valence-electron chi connectivity index (χ2n) is 2.33. The van der Waals surface area contributed by atoms with Crippen LogP contribution in [0.3, 0.4) is 0 Å². The zero-order chi connectivity index (χ0) is 8.97. The zero-order valence-electron chi connectivity index (χ0n) is 6.75. The molecular weight excluding hydrogens is 146 g/mol. The second kappa shape index (κ2) is 3.54. The van der Waals surface area contributed by atoms with Crippen molar-refractivity contribution in [3.63, 3.8) is 0 Å². The molecule has 1 heteroatoms. The maximum atomic E-state index is 8.74. The topological polar surface area (TPSA) is 23.8 Å². The standard InChI is InChI=1S/C11H9N/c1-3-9-6-5-7-10(8-12)11(9)4-2/h3-7H,1-2H2. The zero-order valence-corrected chi connectivity index (χ0v) is 6.75. The molecule has 0 unspecified atom stereocenters. The summed E-state index contributed by atoms with van der Waals surface area (Å²) in [4.78, 5) is 0. The number of nitriles is 1. The van der Waals surface area contributed by atoms with E-state index in [9.17, 15) is 0 Å². The highest BCUT2D eigenvalue weighted by molar-refractivity contribution is 5.68. The average Bonchev–Trinajstić information content (AvgIpc) is 2.16. The molecule has 0 aromatic heterocycles. The van der Waals surface area contributed by atoms with Crippen molar-refractivity contribution in [2.75, 3.05) is 0 Å². The van der Waals surface area contributed by atoms with Crippen molar-refractivity contribution in [1.29, 1.82) is 5.26 Å². The Bertz CT molecular complexity index is 356. The average molecular weight is 155 g/mol. The van der Waals surface area contributed by atoms with E-state index in [1.54, 1.807) is 18.2 Å². The predicted octanol–water partition coefficient (Wildman–Crippen LogP) is 2.84. The molecule has 0 saturated heterocycles. The van der Waals surface area contributed by atoms with Crippen molar-refractivity contribution in [2.45, 2.75) is 0 Å². The third-order valence-electron chi connectivity index (χ3n) is 1.68. The molecule has 0 atom stereocenters. The second-order valence-corrected chi connectivity index (χ2v) is 2.33. The molecule has 1 aromatic rings. The number of hydrogen-bond acceptors (Lipinski definition) is 1. The molecule has 0 radical (unpaired) electrons. The van der Waals surface area contributed by atoms with E-state index >= 15 is 0 Å². The highest BCUT2D eigenvalue weighted by Gasteiger charge is 2.00. The molecule has 58 valence electrons. The van der Waals surface area contributed by atoms with Crippen LogP contribution in [-0.4, -0.2) is 0 Å². The molecule has 1 rings (SSSR count). The largest absolute Gasteiger partial charge is 0.192 e. The molecule has 12 heavy (non-hydrogen) atoms. The monoisotopic (exact) mass is 155 g/mol. The van der Waals surface area contributed by atoms with Gasteiger partial charge in [0.1, 0.15) is 0 Å². The molecule has 1 nitrogen and oxygen atoms in total. The fourth-order valence-corrected chi connectivity index (χ4v) is 1.09. The van der Waals surface area contributed by atoms with Crippen LogP contribution in [-0.2, 0) is 0 Å². The first-order valence-corrected chi connectivity index (χ1v) is 3.61. The first-order valence-electron chi connectivity index (χ1n) is 3.61. The van der Waals surface area contributed by atoms with Gasteiger partial charge in [0.15, 0.2) is 0 Å². The van der Waals surface area contributed by atoms with Crippen LogP contribution >= 0.6 is 0 Å². The van der Waals surface area contributed by atoms with Crippen LogP contribution in [0.4, 0.5) is 0 Å². The summed E-state index contributed by atoms with van der Waals surface area (Å²) in [7, 11) is 0. The van der Waals surface area contributed by atoms with Crippen molar-refractivity contribution in [1.82, 2.24) is 0 Å². The maximum absolute atomic E-state index is 8.74. The molecule has 1 aromatic carbocycles. The summed E-state index contributed by atoms with van der Waals surface area (Å²) in [6.45, 7) is 7.31. The van der Waals surface area contributed by atoms with Crippen molar-refractivity contribution in [2.24, 2.45) is 0 Å².